The topological polar surface area (TPSA) is 117 Å². The van der Waals surface area contributed by atoms with Gasteiger partial charge in [-0.15, -0.1) is 0 Å². The Balaban J connectivity index is 1.55. The number of phenolic OH excluding ortho intramolecular Hbond substituents is 2. The van der Waals surface area contributed by atoms with E-state index in [-0.39, 0.29) is 22.8 Å². The summed E-state index contributed by atoms with van der Waals surface area (Å²) in [6.07, 6.45) is 1.26. The Labute approximate surface area is 197 Å². The Morgan fingerprint density at radius 2 is 1.88 bits per heavy atom. The van der Waals surface area contributed by atoms with Crippen LogP contribution in [-0.4, -0.2) is 37.6 Å². The zero-order valence-corrected chi connectivity index (χ0v) is 18.5. The van der Waals surface area contributed by atoms with Crippen LogP contribution in [-0.2, 0) is 4.79 Å². The summed E-state index contributed by atoms with van der Waals surface area (Å²) in [4.78, 5) is 30.1. The smallest absolute Gasteiger partial charge is 0.266 e. The van der Waals surface area contributed by atoms with E-state index in [9.17, 15) is 19.8 Å². The van der Waals surface area contributed by atoms with Gasteiger partial charge in [-0.25, -0.2) is 10.4 Å². The van der Waals surface area contributed by atoms with Crippen molar-refractivity contribution in [1.82, 2.24) is 15.0 Å². The number of nitrogens with zero attached hydrogens (tertiary/aromatic N) is 3. The molecule has 33 heavy (non-hydrogen) atoms. The fraction of sp³-hybridized carbons (Fsp3) is 0.0435. The van der Waals surface area contributed by atoms with Crippen molar-refractivity contribution in [2.75, 3.05) is 5.75 Å². The van der Waals surface area contributed by atoms with Crippen molar-refractivity contribution >= 4 is 46.4 Å². The maximum atomic E-state index is 13.2. The van der Waals surface area contributed by atoms with Crippen molar-refractivity contribution < 1.29 is 15.0 Å². The number of benzene rings is 3. The van der Waals surface area contributed by atoms with Crippen LogP contribution in [0.15, 0.2) is 81.8 Å². The summed E-state index contributed by atoms with van der Waals surface area (Å²) in [7, 11) is 0. The zero-order chi connectivity index (χ0) is 23.4. The third-order valence-corrected chi connectivity index (χ3v) is 5.76. The van der Waals surface area contributed by atoms with Crippen molar-refractivity contribution in [3.05, 3.63) is 87.7 Å². The average molecular weight is 481 g/mol. The Kier molecular flexibility index (Phi) is 6.62. The van der Waals surface area contributed by atoms with Gasteiger partial charge in [0.15, 0.2) is 5.16 Å². The first-order valence-electron chi connectivity index (χ1n) is 9.67. The molecule has 1 heterocycles. The van der Waals surface area contributed by atoms with Crippen LogP contribution in [0.3, 0.4) is 0 Å². The number of thioether (sulfide) groups is 1. The second kappa shape index (κ2) is 9.76. The van der Waals surface area contributed by atoms with Gasteiger partial charge in [-0.1, -0.05) is 35.5 Å². The fourth-order valence-electron chi connectivity index (χ4n) is 3.00. The van der Waals surface area contributed by atoms with Crippen LogP contribution < -0.4 is 11.0 Å². The van der Waals surface area contributed by atoms with E-state index in [1.807, 2.05) is 0 Å². The lowest BCUT2D eigenvalue weighted by molar-refractivity contribution is -0.118. The molecule has 0 bridgehead atoms. The Morgan fingerprint density at radius 1 is 1.12 bits per heavy atom. The first-order chi connectivity index (χ1) is 15.9. The summed E-state index contributed by atoms with van der Waals surface area (Å²) in [6.45, 7) is 0. The van der Waals surface area contributed by atoms with Crippen molar-refractivity contribution in [1.29, 1.82) is 0 Å². The minimum atomic E-state index is -0.431. The van der Waals surface area contributed by atoms with E-state index < -0.39 is 5.91 Å². The molecule has 0 aliphatic carbocycles. The number of fused-ring (bicyclic) bond motifs is 1. The Morgan fingerprint density at radius 3 is 2.64 bits per heavy atom. The molecule has 8 nitrogen and oxygen atoms in total. The molecule has 166 valence electrons. The number of aromatic hydroxyl groups is 2. The van der Waals surface area contributed by atoms with Crippen LogP contribution in [0.5, 0.6) is 11.5 Å². The van der Waals surface area contributed by atoms with Gasteiger partial charge >= 0.3 is 0 Å². The number of phenols is 2. The molecular weight excluding hydrogens is 464 g/mol. The molecule has 0 saturated carbocycles. The molecule has 1 aromatic heterocycles. The summed E-state index contributed by atoms with van der Waals surface area (Å²) in [5.74, 6) is -0.744. The van der Waals surface area contributed by atoms with E-state index in [1.165, 1.54) is 29.0 Å². The third-order valence-electron chi connectivity index (χ3n) is 4.57. The molecule has 0 aliphatic rings. The summed E-state index contributed by atoms with van der Waals surface area (Å²) < 4.78 is 1.44. The lowest BCUT2D eigenvalue weighted by atomic mass is 10.2. The molecule has 3 aromatic carbocycles. The molecule has 0 fully saturated rings. The summed E-state index contributed by atoms with van der Waals surface area (Å²) in [5.41, 5.74) is 3.53. The Hall–Kier alpha value is -3.82. The number of rotatable bonds is 6. The second-order valence-corrected chi connectivity index (χ2v) is 8.23. The van der Waals surface area contributed by atoms with Crippen molar-refractivity contribution in [3.8, 4) is 17.2 Å². The van der Waals surface area contributed by atoms with E-state index in [1.54, 1.807) is 48.5 Å². The van der Waals surface area contributed by atoms with Crippen molar-refractivity contribution in [3.63, 3.8) is 0 Å². The van der Waals surface area contributed by atoms with Gasteiger partial charge in [0.1, 0.15) is 11.5 Å². The highest BCUT2D eigenvalue weighted by atomic mass is 35.5. The molecule has 1 amide bonds. The van der Waals surface area contributed by atoms with E-state index in [2.05, 4.69) is 15.5 Å². The zero-order valence-electron chi connectivity index (χ0n) is 17.0. The molecule has 0 saturated heterocycles. The van der Waals surface area contributed by atoms with Gasteiger partial charge in [-0.3, -0.25) is 14.2 Å². The van der Waals surface area contributed by atoms with Gasteiger partial charge in [0, 0.05) is 16.7 Å². The predicted octanol–water partition coefficient (Wildman–Crippen LogP) is 3.69. The first kappa shape index (κ1) is 22.4. The molecule has 0 aliphatic heterocycles. The molecule has 3 N–H and O–H groups in total. The lowest BCUT2D eigenvalue weighted by Gasteiger charge is -2.13. The number of carbonyl (C=O) groups is 1. The second-order valence-electron chi connectivity index (χ2n) is 6.85. The SMILES string of the molecule is O=C(CSc1nc2ccccc2c(=O)n1-c1ccc(Cl)cc1)NN=Cc1ccc(O)cc1O. The van der Waals surface area contributed by atoms with Gasteiger partial charge in [0.05, 0.1) is 28.6 Å². The summed E-state index contributed by atoms with van der Waals surface area (Å²) in [5, 5.41) is 24.2. The van der Waals surface area contributed by atoms with Crippen LogP contribution in [0, 0.1) is 0 Å². The van der Waals surface area contributed by atoms with Gasteiger partial charge in [-0.05, 0) is 48.5 Å². The van der Waals surface area contributed by atoms with Crippen LogP contribution >= 0.6 is 23.4 Å². The van der Waals surface area contributed by atoms with E-state index in [4.69, 9.17) is 11.6 Å². The van der Waals surface area contributed by atoms with Gasteiger partial charge in [0.25, 0.3) is 11.5 Å². The summed E-state index contributed by atoms with van der Waals surface area (Å²) >= 11 is 7.07. The highest BCUT2D eigenvalue weighted by Gasteiger charge is 2.14. The maximum absolute atomic E-state index is 13.2. The molecule has 0 radical (unpaired) electrons. The number of halogens is 1. The molecule has 10 heteroatoms. The largest absolute Gasteiger partial charge is 0.508 e. The normalized spacial score (nSPS) is 11.2. The van der Waals surface area contributed by atoms with E-state index in [0.29, 0.717) is 32.3 Å². The fourth-order valence-corrected chi connectivity index (χ4v) is 3.94. The van der Waals surface area contributed by atoms with Gasteiger partial charge < -0.3 is 10.2 Å². The molecule has 0 unspecified atom stereocenters. The quantitative estimate of drug-likeness (QED) is 0.168. The minimum absolute atomic E-state index is 0.0583. The number of aromatic nitrogens is 2. The number of amides is 1. The number of hydrazone groups is 1. The van der Waals surface area contributed by atoms with Gasteiger partial charge in [-0.2, -0.15) is 5.10 Å². The van der Waals surface area contributed by atoms with E-state index >= 15 is 0 Å². The minimum Gasteiger partial charge on any atom is -0.508 e. The molecule has 4 rings (SSSR count). The van der Waals surface area contributed by atoms with E-state index in [0.717, 1.165) is 11.8 Å². The molecule has 4 aromatic rings. The summed E-state index contributed by atoms with van der Waals surface area (Å²) in [6, 6.07) is 17.8. The molecule has 0 atom stereocenters. The molecular formula is C23H17ClN4O4S. The molecule has 0 spiro atoms. The van der Waals surface area contributed by atoms with Crippen LogP contribution in [0.1, 0.15) is 5.56 Å². The predicted molar refractivity (Wildman–Crippen MR) is 129 cm³/mol. The average Bonchev–Trinajstić information content (AvgIpc) is 2.80. The third kappa shape index (κ3) is 5.16. The lowest BCUT2D eigenvalue weighted by Crippen LogP contribution is -2.24. The number of hydrogen-bond acceptors (Lipinski definition) is 7. The standard InChI is InChI=1S/C23H17ClN4O4S/c24-15-6-8-16(9-7-15)28-22(32)18-3-1-2-4-19(18)26-23(28)33-13-21(31)27-25-12-14-5-10-17(29)11-20(14)30/h1-12,29-30H,13H2,(H,27,31). The Bertz CT molecular complexity index is 1420. The first-order valence-corrected chi connectivity index (χ1v) is 11.0. The number of nitrogens with one attached hydrogen (secondary N) is 1. The highest BCUT2D eigenvalue weighted by molar-refractivity contribution is 7.99. The highest BCUT2D eigenvalue weighted by Crippen LogP contribution is 2.23. The van der Waals surface area contributed by atoms with Crippen LogP contribution in [0.2, 0.25) is 5.02 Å². The monoisotopic (exact) mass is 480 g/mol. The van der Waals surface area contributed by atoms with Crippen molar-refractivity contribution in [2.45, 2.75) is 5.16 Å². The van der Waals surface area contributed by atoms with Crippen molar-refractivity contribution in [2.24, 2.45) is 5.10 Å². The number of carbonyl (C=O) groups excluding carboxylic acids is 1. The van der Waals surface area contributed by atoms with Crippen LogP contribution in [0.4, 0.5) is 0 Å². The maximum Gasteiger partial charge on any atom is 0.266 e. The number of para-hydroxylation sites is 1. The van der Waals surface area contributed by atoms with Crippen LogP contribution in [0.25, 0.3) is 16.6 Å². The van der Waals surface area contributed by atoms with Gasteiger partial charge in [0.2, 0.25) is 0 Å². The number of hydrogen-bond donors (Lipinski definition) is 3.